The summed E-state index contributed by atoms with van der Waals surface area (Å²) in [5, 5.41) is 9.35. The van der Waals surface area contributed by atoms with Crippen LogP contribution in [0.15, 0.2) is 37.1 Å². The molecule has 18 heavy (non-hydrogen) atoms. The lowest BCUT2D eigenvalue weighted by atomic mass is 10.3. The summed E-state index contributed by atoms with van der Waals surface area (Å²) in [6.45, 7) is 6.88. The summed E-state index contributed by atoms with van der Waals surface area (Å²) in [6.07, 6.45) is 3.44. The van der Waals surface area contributed by atoms with Gasteiger partial charge in [-0.05, 0) is 19.1 Å². The standard InChI is InChI=1S/C13H15N3O2/c1-3-8-15(4-2)12-11(13(17)18)16-9-6-5-7-10(16)14-12/h3,5-7,9H,1,4,8H2,2H3,(H,17,18). The number of pyridine rings is 1. The van der Waals surface area contributed by atoms with Crippen LogP contribution in [-0.2, 0) is 0 Å². The summed E-state index contributed by atoms with van der Waals surface area (Å²) in [5.74, 6) is -0.498. The van der Waals surface area contributed by atoms with Crippen LogP contribution >= 0.6 is 0 Å². The summed E-state index contributed by atoms with van der Waals surface area (Å²) in [5.41, 5.74) is 0.821. The van der Waals surface area contributed by atoms with Gasteiger partial charge in [0.1, 0.15) is 5.65 Å². The minimum absolute atomic E-state index is 0.189. The van der Waals surface area contributed by atoms with Gasteiger partial charge in [0.05, 0.1) is 0 Å². The first-order chi connectivity index (χ1) is 8.69. The van der Waals surface area contributed by atoms with Crippen LogP contribution < -0.4 is 4.90 Å². The van der Waals surface area contributed by atoms with E-state index < -0.39 is 5.97 Å². The monoisotopic (exact) mass is 245 g/mol. The molecule has 0 aliphatic heterocycles. The van der Waals surface area contributed by atoms with Gasteiger partial charge in [-0.2, -0.15) is 0 Å². The first kappa shape index (κ1) is 12.2. The zero-order valence-corrected chi connectivity index (χ0v) is 10.2. The van der Waals surface area contributed by atoms with Crippen LogP contribution in [0.25, 0.3) is 5.65 Å². The van der Waals surface area contributed by atoms with Crippen LogP contribution in [0, 0.1) is 0 Å². The van der Waals surface area contributed by atoms with Gasteiger partial charge in [-0.25, -0.2) is 9.78 Å². The van der Waals surface area contributed by atoms with E-state index in [1.165, 1.54) is 0 Å². The van der Waals surface area contributed by atoms with Crippen LogP contribution in [0.1, 0.15) is 17.4 Å². The number of hydrogen-bond donors (Lipinski definition) is 1. The highest BCUT2D eigenvalue weighted by Crippen LogP contribution is 2.21. The Balaban J connectivity index is 2.65. The van der Waals surface area contributed by atoms with Gasteiger partial charge < -0.3 is 10.0 Å². The lowest BCUT2D eigenvalue weighted by molar-refractivity contribution is 0.0690. The average molecular weight is 245 g/mol. The number of fused-ring (bicyclic) bond motifs is 1. The second-order valence-corrected chi connectivity index (χ2v) is 3.85. The zero-order chi connectivity index (χ0) is 13.1. The predicted molar refractivity (Wildman–Crippen MR) is 70.2 cm³/mol. The number of nitrogens with zero attached hydrogens (tertiary/aromatic N) is 3. The van der Waals surface area contributed by atoms with Crippen molar-refractivity contribution in [3.63, 3.8) is 0 Å². The molecule has 0 bridgehead atoms. The minimum Gasteiger partial charge on any atom is -0.476 e. The molecule has 2 heterocycles. The van der Waals surface area contributed by atoms with E-state index in [2.05, 4.69) is 11.6 Å². The van der Waals surface area contributed by atoms with E-state index in [1.807, 2.05) is 17.9 Å². The molecule has 2 aromatic heterocycles. The van der Waals surface area contributed by atoms with Gasteiger partial charge >= 0.3 is 5.97 Å². The van der Waals surface area contributed by atoms with Crippen molar-refractivity contribution in [3.05, 3.63) is 42.7 Å². The van der Waals surface area contributed by atoms with Crippen molar-refractivity contribution in [1.82, 2.24) is 9.38 Å². The highest BCUT2D eigenvalue weighted by Gasteiger charge is 2.21. The van der Waals surface area contributed by atoms with Crippen molar-refractivity contribution in [1.29, 1.82) is 0 Å². The number of imidazole rings is 1. The van der Waals surface area contributed by atoms with E-state index in [4.69, 9.17) is 0 Å². The second-order valence-electron chi connectivity index (χ2n) is 3.85. The molecule has 5 nitrogen and oxygen atoms in total. The Morgan fingerprint density at radius 2 is 2.39 bits per heavy atom. The van der Waals surface area contributed by atoms with Crippen molar-refractivity contribution < 1.29 is 9.90 Å². The molecule has 0 spiro atoms. The van der Waals surface area contributed by atoms with Gasteiger partial charge in [0.2, 0.25) is 0 Å². The van der Waals surface area contributed by atoms with Crippen LogP contribution in [0.2, 0.25) is 0 Å². The summed E-state index contributed by atoms with van der Waals surface area (Å²) < 4.78 is 1.59. The van der Waals surface area contributed by atoms with Crippen molar-refractivity contribution in [2.45, 2.75) is 6.92 Å². The van der Waals surface area contributed by atoms with E-state index in [1.54, 1.807) is 28.8 Å². The summed E-state index contributed by atoms with van der Waals surface area (Å²) in [7, 11) is 0. The normalized spacial score (nSPS) is 10.5. The molecule has 0 aliphatic carbocycles. The maximum absolute atomic E-state index is 11.4. The number of hydrogen-bond acceptors (Lipinski definition) is 3. The Hall–Kier alpha value is -2.30. The van der Waals surface area contributed by atoms with Gasteiger partial charge in [-0.3, -0.25) is 4.40 Å². The number of carbonyl (C=O) groups is 1. The topological polar surface area (TPSA) is 57.8 Å². The minimum atomic E-state index is -0.980. The SMILES string of the molecule is C=CCN(CC)c1nc2ccccn2c1C(=O)O. The molecule has 0 unspecified atom stereocenters. The van der Waals surface area contributed by atoms with Crippen LogP contribution in [0.5, 0.6) is 0 Å². The molecule has 94 valence electrons. The van der Waals surface area contributed by atoms with Gasteiger partial charge in [-0.15, -0.1) is 6.58 Å². The molecular formula is C13H15N3O2. The Morgan fingerprint density at radius 3 is 3.00 bits per heavy atom. The Labute approximate surface area is 105 Å². The molecule has 0 amide bonds. The fourth-order valence-electron chi connectivity index (χ4n) is 1.92. The fraction of sp³-hybridized carbons (Fsp3) is 0.231. The predicted octanol–water partition coefficient (Wildman–Crippen LogP) is 2.04. The highest BCUT2D eigenvalue weighted by atomic mass is 16.4. The number of anilines is 1. The molecule has 5 heteroatoms. The van der Waals surface area contributed by atoms with Gasteiger partial charge in [-0.1, -0.05) is 12.1 Å². The Morgan fingerprint density at radius 1 is 1.61 bits per heavy atom. The first-order valence-electron chi connectivity index (χ1n) is 5.75. The van der Waals surface area contributed by atoms with E-state index in [0.29, 0.717) is 24.6 Å². The van der Waals surface area contributed by atoms with Gasteiger partial charge in [0.25, 0.3) is 0 Å². The van der Waals surface area contributed by atoms with Crippen molar-refractivity contribution >= 4 is 17.4 Å². The molecule has 0 aliphatic rings. The smallest absolute Gasteiger partial charge is 0.356 e. The van der Waals surface area contributed by atoms with Gasteiger partial charge in [0, 0.05) is 19.3 Å². The molecule has 2 rings (SSSR count). The van der Waals surface area contributed by atoms with E-state index in [0.717, 1.165) is 0 Å². The zero-order valence-electron chi connectivity index (χ0n) is 10.2. The van der Waals surface area contributed by atoms with Crippen LogP contribution in [-0.4, -0.2) is 33.6 Å². The third-order valence-corrected chi connectivity index (χ3v) is 2.74. The lowest BCUT2D eigenvalue weighted by Crippen LogP contribution is -2.25. The average Bonchev–Trinajstić information content (AvgIpc) is 2.74. The van der Waals surface area contributed by atoms with E-state index >= 15 is 0 Å². The number of likely N-dealkylation sites (N-methyl/N-ethyl adjacent to an activating group) is 1. The molecule has 1 N–H and O–H groups in total. The van der Waals surface area contributed by atoms with Crippen molar-refractivity contribution in [2.24, 2.45) is 0 Å². The Kier molecular flexibility index (Phi) is 3.32. The van der Waals surface area contributed by atoms with Crippen molar-refractivity contribution in [3.8, 4) is 0 Å². The maximum Gasteiger partial charge on any atom is 0.356 e. The van der Waals surface area contributed by atoms with E-state index in [-0.39, 0.29) is 5.69 Å². The second kappa shape index (κ2) is 4.91. The molecule has 2 aromatic rings. The molecule has 0 atom stereocenters. The molecule has 0 fully saturated rings. The summed E-state index contributed by atoms with van der Waals surface area (Å²) in [4.78, 5) is 17.7. The molecular weight excluding hydrogens is 230 g/mol. The summed E-state index contributed by atoms with van der Waals surface area (Å²) in [6, 6.07) is 5.41. The number of aromatic carboxylic acids is 1. The highest BCUT2D eigenvalue weighted by molar-refractivity contribution is 5.93. The van der Waals surface area contributed by atoms with Gasteiger partial charge in [0.15, 0.2) is 11.5 Å². The van der Waals surface area contributed by atoms with Crippen LogP contribution in [0.3, 0.4) is 0 Å². The first-order valence-corrected chi connectivity index (χ1v) is 5.75. The molecule has 0 saturated heterocycles. The third-order valence-electron chi connectivity index (χ3n) is 2.74. The lowest BCUT2D eigenvalue weighted by Gasteiger charge is -2.18. The third kappa shape index (κ3) is 1.95. The molecule has 0 aromatic carbocycles. The largest absolute Gasteiger partial charge is 0.476 e. The van der Waals surface area contributed by atoms with Crippen molar-refractivity contribution in [2.75, 3.05) is 18.0 Å². The number of rotatable bonds is 5. The maximum atomic E-state index is 11.4. The molecule has 0 saturated carbocycles. The molecule has 0 radical (unpaired) electrons. The number of aromatic nitrogens is 2. The fourth-order valence-corrected chi connectivity index (χ4v) is 1.92. The van der Waals surface area contributed by atoms with E-state index in [9.17, 15) is 9.90 Å². The quantitative estimate of drug-likeness (QED) is 0.819. The Bertz CT molecular complexity index is 589. The number of carboxylic acids is 1. The summed E-state index contributed by atoms with van der Waals surface area (Å²) >= 11 is 0. The number of carboxylic acid groups (broad SMARTS) is 1. The van der Waals surface area contributed by atoms with Crippen LogP contribution in [0.4, 0.5) is 5.82 Å².